The van der Waals surface area contributed by atoms with Gasteiger partial charge in [-0.05, 0) is 7.05 Å². The first kappa shape index (κ1) is 12.6. The molecule has 0 fully saturated rings. The molecule has 2 N–H and O–H groups in total. The van der Waals surface area contributed by atoms with Crippen molar-refractivity contribution in [3.63, 3.8) is 0 Å². The van der Waals surface area contributed by atoms with Gasteiger partial charge in [-0.25, -0.2) is 0 Å². The van der Waals surface area contributed by atoms with Gasteiger partial charge in [-0.3, -0.25) is 0 Å². The summed E-state index contributed by atoms with van der Waals surface area (Å²) < 4.78 is 5.07. The lowest BCUT2D eigenvalue weighted by Gasteiger charge is -2.19. The molecule has 0 aromatic carbocycles. The van der Waals surface area contributed by atoms with E-state index < -0.39 is 6.10 Å². The number of rotatable bonds is 8. The van der Waals surface area contributed by atoms with Gasteiger partial charge in [-0.2, -0.15) is 0 Å². The van der Waals surface area contributed by atoms with Crippen LogP contribution in [0.3, 0.4) is 0 Å². The molecule has 0 aliphatic heterocycles. The fraction of sp³-hybridized carbons (Fsp3) is 0.778. The lowest BCUT2D eigenvalue weighted by molar-refractivity contribution is 0.0286. The molecule has 0 saturated heterocycles. The van der Waals surface area contributed by atoms with E-state index in [1.54, 1.807) is 6.08 Å². The standard InChI is InChI=1S/C9H19NO3/c1-3-6-13-8-9(12)7-10(2)4-5-11/h3,9,11-12H,1,4-8H2,2H3. The number of hydrogen-bond donors (Lipinski definition) is 2. The van der Waals surface area contributed by atoms with E-state index in [1.165, 1.54) is 0 Å². The van der Waals surface area contributed by atoms with Crippen LogP contribution in [0.1, 0.15) is 0 Å². The van der Waals surface area contributed by atoms with E-state index in [0.717, 1.165) is 0 Å². The highest BCUT2D eigenvalue weighted by Gasteiger charge is 2.06. The zero-order chi connectivity index (χ0) is 10.1. The van der Waals surface area contributed by atoms with E-state index in [4.69, 9.17) is 9.84 Å². The lowest BCUT2D eigenvalue weighted by Crippen LogP contribution is -2.33. The minimum atomic E-state index is -0.503. The number of ether oxygens (including phenoxy) is 1. The van der Waals surface area contributed by atoms with Crippen molar-refractivity contribution in [2.45, 2.75) is 6.10 Å². The monoisotopic (exact) mass is 189 g/mol. The minimum Gasteiger partial charge on any atom is -0.395 e. The molecule has 4 heteroatoms. The Morgan fingerprint density at radius 3 is 2.85 bits per heavy atom. The average molecular weight is 189 g/mol. The van der Waals surface area contributed by atoms with Crippen LogP contribution in [0.4, 0.5) is 0 Å². The van der Waals surface area contributed by atoms with Crippen LogP contribution in [0, 0.1) is 0 Å². The Morgan fingerprint density at radius 2 is 2.31 bits per heavy atom. The van der Waals surface area contributed by atoms with E-state index >= 15 is 0 Å². The zero-order valence-electron chi connectivity index (χ0n) is 8.15. The number of nitrogens with zero attached hydrogens (tertiary/aromatic N) is 1. The van der Waals surface area contributed by atoms with E-state index in [2.05, 4.69) is 6.58 Å². The van der Waals surface area contributed by atoms with Gasteiger partial charge in [0.05, 0.1) is 25.9 Å². The SMILES string of the molecule is C=CCOCC(O)CN(C)CCO. The van der Waals surface area contributed by atoms with Gasteiger partial charge in [0.25, 0.3) is 0 Å². The molecular formula is C9H19NO3. The Hall–Kier alpha value is -0.420. The Labute approximate surface area is 79.4 Å². The summed E-state index contributed by atoms with van der Waals surface area (Å²) in [6, 6.07) is 0. The molecule has 0 bridgehead atoms. The van der Waals surface area contributed by atoms with Crippen molar-refractivity contribution in [2.75, 3.05) is 40.0 Å². The summed E-state index contributed by atoms with van der Waals surface area (Å²) in [6.45, 7) is 5.45. The second-order valence-corrected chi connectivity index (χ2v) is 2.97. The number of aliphatic hydroxyl groups is 2. The third-order valence-electron chi connectivity index (χ3n) is 1.55. The summed E-state index contributed by atoms with van der Waals surface area (Å²) in [5, 5.41) is 18.0. The first-order valence-electron chi connectivity index (χ1n) is 4.36. The fourth-order valence-corrected chi connectivity index (χ4v) is 0.962. The molecule has 0 radical (unpaired) electrons. The molecule has 78 valence electrons. The van der Waals surface area contributed by atoms with Crippen molar-refractivity contribution in [1.82, 2.24) is 4.90 Å². The molecule has 0 saturated carbocycles. The molecule has 13 heavy (non-hydrogen) atoms. The average Bonchev–Trinajstić information content (AvgIpc) is 2.05. The molecule has 1 atom stereocenters. The van der Waals surface area contributed by atoms with Crippen molar-refractivity contribution in [2.24, 2.45) is 0 Å². The molecular weight excluding hydrogens is 170 g/mol. The predicted molar refractivity (Wildman–Crippen MR) is 51.6 cm³/mol. The topological polar surface area (TPSA) is 52.9 Å². The van der Waals surface area contributed by atoms with Gasteiger partial charge in [0, 0.05) is 13.1 Å². The Balaban J connectivity index is 3.37. The Bertz CT molecular complexity index is 130. The maximum Gasteiger partial charge on any atom is 0.0900 e. The van der Waals surface area contributed by atoms with Crippen molar-refractivity contribution < 1.29 is 14.9 Å². The molecule has 4 nitrogen and oxygen atoms in total. The van der Waals surface area contributed by atoms with Gasteiger partial charge in [-0.1, -0.05) is 6.08 Å². The zero-order valence-corrected chi connectivity index (χ0v) is 8.15. The van der Waals surface area contributed by atoms with E-state index in [9.17, 15) is 5.11 Å². The fourth-order valence-electron chi connectivity index (χ4n) is 0.962. The highest BCUT2D eigenvalue weighted by molar-refractivity contribution is 4.66. The van der Waals surface area contributed by atoms with Gasteiger partial charge in [0.1, 0.15) is 0 Å². The summed E-state index contributed by atoms with van der Waals surface area (Å²) in [5.41, 5.74) is 0. The van der Waals surface area contributed by atoms with Crippen molar-refractivity contribution in [3.05, 3.63) is 12.7 Å². The molecule has 0 spiro atoms. The molecule has 0 aliphatic carbocycles. The van der Waals surface area contributed by atoms with Gasteiger partial charge in [0.15, 0.2) is 0 Å². The van der Waals surface area contributed by atoms with Crippen molar-refractivity contribution >= 4 is 0 Å². The quantitative estimate of drug-likeness (QED) is 0.398. The van der Waals surface area contributed by atoms with Crippen molar-refractivity contribution in [3.8, 4) is 0 Å². The van der Waals surface area contributed by atoms with Crippen LogP contribution >= 0.6 is 0 Å². The van der Waals surface area contributed by atoms with Crippen molar-refractivity contribution in [1.29, 1.82) is 0 Å². The second kappa shape index (κ2) is 8.19. The largest absolute Gasteiger partial charge is 0.395 e. The van der Waals surface area contributed by atoms with Crippen LogP contribution in [0.15, 0.2) is 12.7 Å². The summed E-state index contributed by atoms with van der Waals surface area (Å²) in [5.74, 6) is 0. The van der Waals surface area contributed by atoms with Crippen LogP contribution in [-0.4, -0.2) is 61.2 Å². The van der Waals surface area contributed by atoms with Crippen LogP contribution in [0.5, 0.6) is 0 Å². The Kier molecular flexibility index (Phi) is 7.93. The molecule has 0 aromatic heterocycles. The molecule has 1 unspecified atom stereocenters. The van der Waals surface area contributed by atoms with E-state index in [0.29, 0.717) is 26.3 Å². The highest BCUT2D eigenvalue weighted by atomic mass is 16.5. The lowest BCUT2D eigenvalue weighted by atomic mass is 10.3. The smallest absolute Gasteiger partial charge is 0.0900 e. The molecule has 0 aromatic rings. The number of likely N-dealkylation sites (N-methyl/N-ethyl adjacent to an activating group) is 1. The normalized spacial score (nSPS) is 13.2. The Morgan fingerprint density at radius 1 is 1.62 bits per heavy atom. The molecule has 0 aliphatic rings. The maximum absolute atomic E-state index is 9.39. The van der Waals surface area contributed by atoms with Gasteiger partial charge < -0.3 is 19.8 Å². The van der Waals surface area contributed by atoms with Gasteiger partial charge in [0.2, 0.25) is 0 Å². The van der Waals surface area contributed by atoms with Gasteiger partial charge >= 0.3 is 0 Å². The van der Waals surface area contributed by atoms with E-state index in [1.807, 2.05) is 11.9 Å². The van der Waals surface area contributed by atoms with E-state index in [-0.39, 0.29) is 6.61 Å². The van der Waals surface area contributed by atoms with Crippen LogP contribution in [0.2, 0.25) is 0 Å². The van der Waals surface area contributed by atoms with Crippen LogP contribution in [-0.2, 0) is 4.74 Å². The maximum atomic E-state index is 9.39. The summed E-state index contributed by atoms with van der Waals surface area (Å²) in [7, 11) is 1.84. The third kappa shape index (κ3) is 7.93. The minimum absolute atomic E-state index is 0.108. The number of aliphatic hydroxyl groups excluding tert-OH is 2. The molecule has 0 rings (SSSR count). The second-order valence-electron chi connectivity index (χ2n) is 2.97. The summed E-state index contributed by atoms with van der Waals surface area (Å²) in [6.07, 6.45) is 1.14. The van der Waals surface area contributed by atoms with Gasteiger partial charge in [-0.15, -0.1) is 6.58 Å². The van der Waals surface area contributed by atoms with Crippen LogP contribution < -0.4 is 0 Å². The first-order chi connectivity index (χ1) is 6.20. The number of hydrogen-bond acceptors (Lipinski definition) is 4. The molecule has 0 amide bonds. The summed E-state index contributed by atoms with van der Waals surface area (Å²) in [4.78, 5) is 1.85. The third-order valence-corrected chi connectivity index (χ3v) is 1.55. The molecule has 0 heterocycles. The first-order valence-corrected chi connectivity index (χ1v) is 4.36. The highest BCUT2D eigenvalue weighted by Crippen LogP contribution is 1.90. The van der Waals surface area contributed by atoms with Crippen LogP contribution in [0.25, 0.3) is 0 Å². The summed E-state index contributed by atoms with van der Waals surface area (Å²) >= 11 is 0. The predicted octanol–water partition coefficient (Wildman–Crippen LogP) is -0.526.